The summed E-state index contributed by atoms with van der Waals surface area (Å²) in [6.45, 7) is 4.87. The van der Waals surface area contributed by atoms with E-state index >= 15 is 0 Å². The maximum absolute atomic E-state index is 12.5. The number of carbonyl (C=O) groups excluding carboxylic acids is 2. The van der Waals surface area contributed by atoms with Gasteiger partial charge in [-0.2, -0.15) is 0 Å². The molecule has 0 bridgehead atoms. The first-order valence-electron chi connectivity index (χ1n) is 28.8. The van der Waals surface area contributed by atoms with Crippen LogP contribution in [-0.2, 0) is 14.3 Å². The van der Waals surface area contributed by atoms with Gasteiger partial charge in [-0.15, -0.1) is 0 Å². The summed E-state index contributed by atoms with van der Waals surface area (Å²) in [4.78, 5) is 24.5. The van der Waals surface area contributed by atoms with E-state index in [2.05, 4.69) is 43.5 Å². The summed E-state index contributed by atoms with van der Waals surface area (Å²) >= 11 is 0. The van der Waals surface area contributed by atoms with Crippen molar-refractivity contribution in [2.75, 3.05) is 13.2 Å². The van der Waals surface area contributed by atoms with Gasteiger partial charge in [-0.3, -0.25) is 9.59 Å². The molecular weight excluding hydrogens is 803 g/mol. The first-order valence-corrected chi connectivity index (χ1v) is 28.8. The third-order valence-electron chi connectivity index (χ3n) is 13.2. The molecule has 0 aliphatic heterocycles. The van der Waals surface area contributed by atoms with Gasteiger partial charge in [0.25, 0.3) is 0 Å². The predicted molar refractivity (Wildman–Crippen MR) is 283 cm³/mol. The molecule has 0 saturated carbocycles. The zero-order valence-corrected chi connectivity index (χ0v) is 43.5. The summed E-state index contributed by atoms with van der Waals surface area (Å²) in [5, 5.41) is 23.1. The van der Waals surface area contributed by atoms with E-state index in [0.717, 1.165) is 64.2 Å². The largest absolute Gasteiger partial charge is 0.466 e. The van der Waals surface area contributed by atoms with Crippen molar-refractivity contribution < 1.29 is 24.5 Å². The van der Waals surface area contributed by atoms with Crippen molar-refractivity contribution in [3.63, 3.8) is 0 Å². The number of aliphatic hydroxyl groups is 2. The molecule has 2 atom stereocenters. The molecule has 3 N–H and O–H groups in total. The molecule has 0 aliphatic rings. The minimum absolute atomic E-state index is 0.0108. The van der Waals surface area contributed by atoms with Crippen molar-refractivity contribution in [2.45, 2.75) is 315 Å². The van der Waals surface area contributed by atoms with Crippen LogP contribution in [-0.4, -0.2) is 47.4 Å². The number of aliphatic hydroxyl groups excluding tert-OH is 2. The second-order valence-electron chi connectivity index (χ2n) is 19.6. The van der Waals surface area contributed by atoms with E-state index in [0.29, 0.717) is 19.4 Å². The first-order chi connectivity index (χ1) is 32.0. The van der Waals surface area contributed by atoms with Crippen LogP contribution < -0.4 is 5.32 Å². The lowest BCUT2D eigenvalue weighted by atomic mass is 10.0. The Balaban J connectivity index is 3.47. The van der Waals surface area contributed by atoms with Crippen molar-refractivity contribution in [3.8, 4) is 0 Å². The SMILES string of the molecule is CCCCCC/C=C\C/C=C\CCCCCCCCCC(=O)OCCCCCCCCCCCCCCCCC(=O)NC(CO)C(O)/C=C/CCCCCCCCCCCCCCCC. The van der Waals surface area contributed by atoms with Crippen molar-refractivity contribution in [2.24, 2.45) is 0 Å². The quantitative estimate of drug-likeness (QED) is 0.0321. The molecule has 6 nitrogen and oxygen atoms in total. The van der Waals surface area contributed by atoms with Gasteiger partial charge in [-0.1, -0.05) is 262 Å². The number of allylic oxidation sites excluding steroid dienone is 5. The molecule has 2 unspecified atom stereocenters. The van der Waals surface area contributed by atoms with Crippen molar-refractivity contribution in [1.29, 1.82) is 0 Å². The number of hydrogen-bond donors (Lipinski definition) is 3. The molecule has 65 heavy (non-hydrogen) atoms. The maximum Gasteiger partial charge on any atom is 0.305 e. The van der Waals surface area contributed by atoms with Gasteiger partial charge in [-0.25, -0.2) is 0 Å². The Kier molecular flexibility index (Phi) is 53.1. The number of ether oxygens (including phenoxy) is 1. The second kappa shape index (κ2) is 54.7. The minimum Gasteiger partial charge on any atom is -0.466 e. The molecule has 0 aromatic carbocycles. The topological polar surface area (TPSA) is 95.9 Å². The average Bonchev–Trinajstić information content (AvgIpc) is 3.31. The van der Waals surface area contributed by atoms with Crippen LogP contribution in [0.2, 0.25) is 0 Å². The van der Waals surface area contributed by atoms with Crippen LogP contribution >= 0.6 is 0 Å². The fourth-order valence-electron chi connectivity index (χ4n) is 8.72. The van der Waals surface area contributed by atoms with Gasteiger partial charge in [0, 0.05) is 12.8 Å². The monoisotopic (exact) mass is 914 g/mol. The fraction of sp³-hybridized carbons (Fsp3) is 0.864. The van der Waals surface area contributed by atoms with Crippen LogP contribution in [0.25, 0.3) is 0 Å². The Morgan fingerprint density at radius 3 is 1.18 bits per heavy atom. The Labute approximate surface area is 404 Å². The molecule has 0 heterocycles. The molecular formula is C59H111NO5. The molecule has 382 valence electrons. The zero-order chi connectivity index (χ0) is 47.2. The van der Waals surface area contributed by atoms with Gasteiger partial charge >= 0.3 is 5.97 Å². The second-order valence-corrected chi connectivity index (χ2v) is 19.6. The van der Waals surface area contributed by atoms with Crippen LogP contribution in [0.4, 0.5) is 0 Å². The molecule has 0 radical (unpaired) electrons. The predicted octanol–water partition coefficient (Wildman–Crippen LogP) is 17.6. The molecule has 0 saturated heterocycles. The number of rotatable bonds is 53. The zero-order valence-electron chi connectivity index (χ0n) is 43.5. The van der Waals surface area contributed by atoms with Crippen molar-refractivity contribution >= 4 is 11.9 Å². The van der Waals surface area contributed by atoms with Crippen molar-refractivity contribution in [3.05, 3.63) is 36.5 Å². The lowest BCUT2D eigenvalue weighted by Gasteiger charge is -2.20. The van der Waals surface area contributed by atoms with E-state index in [4.69, 9.17) is 4.74 Å². The molecule has 1 amide bonds. The number of nitrogens with one attached hydrogen (secondary N) is 1. The highest BCUT2D eigenvalue weighted by Crippen LogP contribution is 2.16. The number of amides is 1. The van der Waals surface area contributed by atoms with Gasteiger partial charge in [-0.05, 0) is 64.2 Å². The Bertz CT molecular complexity index is 1060. The summed E-state index contributed by atoms with van der Waals surface area (Å²) in [6, 6.07) is -0.637. The minimum atomic E-state index is -0.852. The summed E-state index contributed by atoms with van der Waals surface area (Å²) in [6.07, 6.45) is 67.2. The summed E-state index contributed by atoms with van der Waals surface area (Å²) in [5.74, 6) is -0.0887. The van der Waals surface area contributed by atoms with Gasteiger partial charge in [0.2, 0.25) is 5.91 Å². The fourth-order valence-corrected chi connectivity index (χ4v) is 8.72. The lowest BCUT2D eigenvalue weighted by molar-refractivity contribution is -0.143. The normalized spacial score (nSPS) is 12.9. The third kappa shape index (κ3) is 51.3. The van der Waals surface area contributed by atoms with Crippen molar-refractivity contribution in [1.82, 2.24) is 5.32 Å². The van der Waals surface area contributed by atoms with Crippen LogP contribution in [0, 0.1) is 0 Å². The molecule has 0 aromatic heterocycles. The number of esters is 1. The standard InChI is InChI=1S/C59H111NO5/c1-3-5-7-9-11-13-15-17-19-21-22-24-29-33-37-41-45-49-53-59(64)65-54-50-46-42-38-34-30-26-25-28-32-36-40-44-48-52-58(63)60-56(55-61)57(62)51-47-43-39-35-31-27-23-20-18-16-14-12-10-8-6-4-2/h13,15,19,21,47,51,56-57,61-62H,3-12,14,16-18,20,22-46,48-50,52-55H2,1-2H3,(H,60,63)/b15-13-,21-19-,51-47+. The van der Waals surface area contributed by atoms with Crippen LogP contribution in [0.5, 0.6) is 0 Å². The lowest BCUT2D eigenvalue weighted by Crippen LogP contribution is -2.45. The Morgan fingerprint density at radius 1 is 0.431 bits per heavy atom. The number of hydrogen-bond acceptors (Lipinski definition) is 5. The van der Waals surface area contributed by atoms with E-state index < -0.39 is 12.1 Å². The van der Waals surface area contributed by atoms with E-state index in [-0.39, 0.29) is 18.5 Å². The summed E-state index contributed by atoms with van der Waals surface area (Å²) < 4.78 is 5.48. The first kappa shape index (κ1) is 63.1. The molecule has 0 rings (SSSR count). The van der Waals surface area contributed by atoms with Gasteiger partial charge in [0.15, 0.2) is 0 Å². The highest BCUT2D eigenvalue weighted by Gasteiger charge is 2.18. The van der Waals surface area contributed by atoms with Crippen LogP contribution in [0.3, 0.4) is 0 Å². The smallest absolute Gasteiger partial charge is 0.305 e. The van der Waals surface area contributed by atoms with E-state index in [9.17, 15) is 19.8 Å². The Morgan fingerprint density at radius 2 is 0.769 bits per heavy atom. The van der Waals surface area contributed by atoms with Gasteiger partial charge in [0.1, 0.15) is 0 Å². The van der Waals surface area contributed by atoms with Gasteiger partial charge in [0.05, 0.1) is 25.4 Å². The van der Waals surface area contributed by atoms with Crippen LogP contribution in [0.15, 0.2) is 36.5 Å². The summed E-state index contributed by atoms with van der Waals surface area (Å²) in [7, 11) is 0. The number of unbranched alkanes of at least 4 members (excludes halogenated alkanes) is 38. The molecule has 0 spiro atoms. The van der Waals surface area contributed by atoms with E-state index in [1.807, 2.05) is 6.08 Å². The maximum atomic E-state index is 12.5. The Hall–Kier alpha value is -1.92. The number of carbonyl (C=O) groups is 2. The average molecular weight is 915 g/mol. The van der Waals surface area contributed by atoms with E-state index in [1.54, 1.807) is 6.08 Å². The van der Waals surface area contributed by atoms with Gasteiger partial charge < -0.3 is 20.3 Å². The highest BCUT2D eigenvalue weighted by atomic mass is 16.5. The molecule has 6 heteroatoms. The highest BCUT2D eigenvalue weighted by molar-refractivity contribution is 5.76. The molecule has 0 fully saturated rings. The molecule has 0 aromatic rings. The summed E-state index contributed by atoms with van der Waals surface area (Å²) in [5.41, 5.74) is 0. The van der Waals surface area contributed by atoms with E-state index in [1.165, 1.54) is 212 Å². The molecule has 0 aliphatic carbocycles. The van der Waals surface area contributed by atoms with Crippen LogP contribution in [0.1, 0.15) is 303 Å². The third-order valence-corrected chi connectivity index (χ3v) is 13.2.